The van der Waals surface area contributed by atoms with Crippen LogP contribution in [0.5, 0.6) is 0 Å². The van der Waals surface area contributed by atoms with Crippen LogP contribution in [0.4, 0.5) is 0 Å². The molecule has 2 nitrogen and oxygen atoms in total. The first kappa shape index (κ1) is 15.2. The molecule has 2 aromatic carbocycles. The van der Waals surface area contributed by atoms with Crippen molar-refractivity contribution in [1.82, 2.24) is 5.32 Å². The number of hydrogen-bond donors (Lipinski definition) is 2. The molecule has 0 spiro atoms. The molecule has 0 amide bonds. The third kappa shape index (κ3) is 4.44. The predicted molar refractivity (Wildman–Crippen MR) is 86.7 cm³/mol. The molecule has 106 valence electrons. The highest BCUT2D eigenvalue weighted by atomic mass is 79.9. The van der Waals surface area contributed by atoms with Crippen molar-refractivity contribution in [1.29, 1.82) is 0 Å². The molecule has 0 unspecified atom stereocenters. The number of nitrogens with one attached hydrogen (secondary N) is 1. The molecule has 0 heterocycles. The van der Waals surface area contributed by atoms with E-state index < -0.39 is 0 Å². The van der Waals surface area contributed by atoms with E-state index in [2.05, 4.69) is 58.5 Å². The molecule has 0 saturated carbocycles. The number of aliphatic hydroxyl groups excluding tert-OH is 1. The zero-order chi connectivity index (χ0) is 14.4. The molecule has 3 heteroatoms. The lowest BCUT2D eigenvalue weighted by atomic mass is 10.1. The lowest BCUT2D eigenvalue weighted by molar-refractivity contribution is 0.240. The van der Waals surface area contributed by atoms with E-state index in [9.17, 15) is 5.11 Å². The molecule has 1 atom stereocenters. The van der Waals surface area contributed by atoms with Crippen molar-refractivity contribution in [3.8, 4) is 0 Å². The van der Waals surface area contributed by atoms with Crippen molar-refractivity contribution in [2.24, 2.45) is 0 Å². The summed E-state index contributed by atoms with van der Waals surface area (Å²) >= 11 is 3.58. The van der Waals surface area contributed by atoms with E-state index >= 15 is 0 Å². The molecule has 2 rings (SSSR count). The number of rotatable bonds is 6. The van der Waals surface area contributed by atoms with Gasteiger partial charge in [0, 0.05) is 17.1 Å². The predicted octanol–water partition coefficient (Wildman–Crippen LogP) is 3.45. The van der Waals surface area contributed by atoms with Gasteiger partial charge >= 0.3 is 0 Å². The fraction of sp³-hybridized carbons (Fsp3) is 0.294. The molecule has 2 aromatic rings. The lowest BCUT2D eigenvalue weighted by Gasteiger charge is -2.17. The van der Waals surface area contributed by atoms with Crippen LogP contribution in [-0.2, 0) is 13.0 Å². The van der Waals surface area contributed by atoms with E-state index in [0.29, 0.717) is 0 Å². The Morgan fingerprint density at radius 1 is 1.15 bits per heavy atom. The Hall–Kier alpha value is -1.16. The van der Waals surface area contributed by atoms with Gasteiger partial charge in [0.2, 0.25) is 0 Å². The maximum Gasteiger partial charge on any atom is 0.0587 e. The first-order valence-electron chi connectivity index (χ1n) is 6.82. The summed E-state index contributed by atoms with van der Waals surface area (Å²) in [7, 11) is 0. The Kier molecular flexibility index (Phi) is 5.77. The Labute approximate surface area is 129 Å². The van der Waals surface area contributed by atoms with Gasteiger partial charge in [0.25, 0.3) is 0 Å². The summed E-state index contributed by atoms with van der Waals surface area (Å²) in [6.07, 6.45) is 0.834. The first-order valence-corrected chi connectivity index (χ1v) is 7.61. The average Bonchev–Trinajstić information content (AvgIpc) is 2.46. The molecule has 0 aliphatic carbocycles. The van der Waals surface area contributed by atoms with E-state index in [1.807, 2.05) is 18.2 Å². The van der Waals surface area contributed by atoms with Gasteiger partial charge in [-0.05, 0) is 36.1 Å². The van der Waals surface area contributed by atoms with Gasteiger partial charge in [-0.3, -0.25) is 0 Å². The Morgan fingerprint density at radius 3 is 2.55 bits per heavy atom. The highest BCUT2D eigenvalue weighted by molar-refractivity contribution is 9.10. The summed E-state index contributed by atoms with van der Waals surface area (Å²) in [5.74, 6) is 0. The van der Waals surface area contributed by atoms with Crippen molar-refractivity contribution in [3.05, 3.63) is 69.7 Å². The summed E-state index contributed by atoms with van der Waals surface area (Å²) in [4.78, 5) is 0. The minimum absolute atomic E-state index is 0.0746. The molecular formula is C17H20BrNO. The molecule has 20 heavy (non-hydrogen) atoms. The molecule has 2 N–H and O–H groups in total. The number of halogens is 1. The smallest absolute Gasteiger partial charge is 0.0587 e. The first-order chi connectivity index (χ1) is 9.69. The number of aryl methyl sites for hydroxylation is 1. The maximum atomic E-state index is 9.50. The van der Waals surface area contributed by atoms with Crippen molar-refractivity contribution < 1.29 is 5.11 Å². The fourth-order valence-corrected chi connectivity index (χ4v) is 2.78. The van der Waals surface area contributed by atoms with Crippen LogP contribution in [0, 0.1) is 6.92 Å². The van der Waals surface area contributed by atoms with Gasteiger partial charge in [0.05, 0.1) is 6.61 Å². The number of aliphatic hydroxyl groups is 1. The topological polar surface area (TPSA) is 32.3 Å². The van der Waals surface area contributed by atoms with Crippen LogP contribution < -0.4 is 5.32 Å². The van der Waals surface area contributed by atoms with E-state index in [1.54, 1.807) is 0 Å². The van der Waals surface area contributed by atoms with Crippen molar-refractivity contribution in [3.63, 3.8) is 0 Å². The Bertz CT molecular complexity index is 542. The van der Waals surface area contributed by atoms with E-state index in [1.165, 1.54) is 16.7 Å². The summed E-state index contributed by atoms with van der Waals surface area (Å²) in [5.41, 5.74) is 3.69. The highest BCUT2D eigenvalue weighted by Gasteiger charge is 2.09. The van der Waals surface area contributed by atoms with Crippen LogP contribution in [0.3, 0.4) is 0 Å². The molecular weight excluding hydrogens is 314 g/mol. The van der Waals surface area contributed by atoms with Crippen LogP contribution in [0.15, 0.2) is 53.0 Å². The second-order valence-electron chi connectivity index (χ2n) is 5.04. The van der Waals surface area contributed by atoms with Crippen molar-refractivity contribution >= 4 is 15.9 Å². The maximum absolute atomic E-state index is 9.50. The second-order valence-corrected chi connectivity index (χ2v) is 5.90. The van der Waals surface area contributed by atoms with Crippen LogP contribution in [0.2, 0.25) is 0 Å². The molecule has 0 fully saturated rings. The molecule has 0 saturated heterocycles. The average molecular weight is 334 g/mol. The quantitative estimate of drug-likeness (QED) is 0.848. The van der Waals surface area contributed by atoms with E-state index in [-0.39, 0.29) is 12.6 Å². The van der Waals surface area contributed by atoms with Crippen molar-refractivity contribution in [2.75, 3.05) is 6.61 Å². The summed E-state index contributed by atoms with van der Waals surface area (Å²) in [6.45, 7) is 2.96. The van der Waals surface area contributed by atoms with Gasteiger partial charge in [-0.2, -0.15) is 0 Å². The Balaban J connectivity index is 1.93. The summed E-state index contributed by atoms with van der Waals surface area (Å²) < 4.78 is 1.11. The fourth-order valence-electron chi connectivity index (χ4n) is 2.15. The number of benzene rings is 2. The minimum Gasteiger partial charge on any atom is -0.395 e. The normalized spacial score (nSPS) is 12.3. The van der Waals surface area contributed by atoms with Gasteiger partial charge in [-0.15, -0.1) is 0 Å². The largest absolute Gasteiger partial charge is 0.395 e. The highest BCUT2D eigenvalue weighted by Crippen LogP contribution is 2.18. The molecule has 0 aliphatic heterocycles. The van der Waals surface area contributed by atoms with Crippen molar-refractivity contribution in [2.45, 2.75) is 25.9 Å². The third-order valence-electron chi connectivity index (χ3n) is 3.34. The molecule has 0 bridgehead atoms. The van der Waals surface area contributed by atoms with Gasteiger partial charge in [-0.25, -0.2) is 0 Å². The SMILES string of the molecule is Cc1ccc(CN[C@@H](CO)Cc2ccccc2)c(Br)c1. The minimum atomic E-state index is 0.0746. The van der Waals surface area contributed by atoms with Gasteiger partial charge in [-0.1, -0.05) is 58.4 Å². The zero-order valence-corrected chi connectivity index (χ0v) is 13.2. The zero-order valence-electron chi connectivity index (χ0n) is 11.6. The van der Waals surface area contributed by atoms with Gasteiger partial charge < -0.3 is 10.4 Å². The van der Waals surface area contributed by atoms with Gasteiger partial charge in [0.1, 0.15) is 0 Å². The molecule has 0 aliphatic rings. The molecule has 0 radical (unpaired) electrons. The third-order valence-corrected chi connectivity index (χ3v) is 4.07. The van der Waals surface area contributed by atoms with Crippen LogP contribution in [0.25, 0.3) is 0 Å². The Morgan fingerprint density at radius 2 is 1.90 bits per heavy atom. The van der Waals surface area contributed by atoms with Crippen LogP contribution >= 0.6 is 15.9 Å². The second kappa shape index (κ2) is 7.58. The van der Waals surface area contributed by atoms with E-state index in [4.69, 9.17) is 0 Å². The summed E-state index contributed by atoms with van der Waals surface area (Å²) in [5, 5.41) is 12.9. The standard InChI is InChI=1S/C17H20BrNO/c1-13-7-8-15(17(18)9-13)11-19-16(12-20)10-14-5-3-2-4-6-14/h2-9,16,19-20H,10-12H2,1H3/t16-/m1/s1. The monoisotopic (exact) mass is 333 g/mol. The van der Waals surface area contributed by atoms with E-state index in [0.717, 1.165) is 17.4 Å². The van der Waals surface area contributed by atoms with Crippen LogP contribution in [-0.4, -0.2) is 17.8 Å². The molecule has 0 aromatic heterocycles. The van der Waals surface area contributed by atoms with Crippen LogP contribution in [0.1, 0.15) is 16.7 Å². The number of hydrogen-bond acceptors (Lipinski definition) is 2. The summed E-state index contributed by atoms with van der Waals surface area (Å²) in [6, 6.07) is 16.6. The lowest BCUT2D eigenvalue weighted by Crippen LogP contribution is -2.34. The van der Waals surface area contributed by atoms with Gasteiger partial charge in [0.15, 0.2) is 0 Å².